The highest BCUT2D eigenvalue weighted by atomic mass is 16.6. The average molecular weight is 330 g/mol. The molecule has 0 unspecified atom stereocenters. The summed E-state index contributed by atoms with van der Waals surface area (Å²) in [6.45, 7) is 4.88. The van der Waals surface area contributed by atoms with E-state index in [0.29, 0.717) is 23.7 Å². The van der Waals surface area contributed by atoms with Crippen LogP contribution in [0, 0.1) is 34.5 Å². The van der Waals surface area contributed by atoms with Gasteiger partial charge in [-0.05, 0) is 68.1 Å². The number of allylic oxidation sites excluding steroid dienone is 1. The van der Waals surface area contributed by atoms with Crippen LogP contribution in [0.3, 0.4) is 0 Å². The largest absolute Gasteiger partial charge is 0.461 e. The number of carbonyl (C=O) groups excluding carboxylic acids is 1. The minimum atomic E-state index is -0.125. The second kappa shape index (κ2) is 4.87. The molecule has 24 heavy (non-hydrogen) atoms. The zero-order valence-electron chi connectivity index (χ0n) is 15.0. The van der Waals surface area contributed by atoms with Crippen molar-refractivity contribution in [1.82, 2.24) is 0 Å². The maximum atomic E-state index is 11.8. The third kappa shape index (κ3) is 1.85. The van der Waals surface area contributed by atoms with Crippen LogP contribution in [0.4, 0.5) is 0 Å². The predicted octanol–water partition coefficient (Wildman–Crippen LogP) is 3.85. The normalized spacial score (nSPS) is 55.8. The van der Waals surface area contributed by atoms with Crippen LogP contribution < -0.4 is 0 Å². The van der Waals surface area contributed by atoms with Gasteiger partial charge < -0.3 is 9.84 Å². The molecule has 1 saturated heterocycles. The van der Waals surface area contributed by atoms with E-state index in [1.807, 2.05) is 0 Å². The van der Waals surface area contributed by atoms with E-state index in [1.54, 1.807) is 0 Å². The van der Waals surface area contributed by atoms with Gasteiger partial charge in [-0.25, -0.2) is 0 Å². The summed E-state index contributed by atoms with van der Waals surface area (Å²) in [5, 5.41) is 10.1. The van der Waals surface area contributed by atoms with Gasteiger partial charge in [0.15, 0.2) is 0 Å². The summed E-state index contributed by atoms with van der Waals surface area (Å²) in [7, 11) is 0. The summed E-state index contributed by atoms with van der Waals surface area (Å²) < 4.78 is 5.80. The van der Waals surface area contributed by atoms with Gasteiger partial charge in [0.1, 0.15) is 6.10 Å². The quantitative estimate of drug-likeness (QED) is 0.542. The van der Waals surface area contributed by atoms with Crippen molar-refractivity contribution in [2.45, 2.75) is 77.4 Å². The summed E-state index contributed by atoms with van der Waals surface area (Å²) in [5.41, 5.74) is 2.04. The first-order valence-corrected chi connectivity index (χ1v) is 9.99. The van der Waals surface area contributed by atoms with Crippen molar-refractivity contribution in [2.24, 2.45) is 34.5 Å². The zero-order valence-corrected chi connectivity index (χ0v) is 15.0. The molecule has 0 amide bonds. The Hall–Kier alpha value is -0.830. The molecule has 3 heteroatoms. The molecule has 1 aliphatic heterocycles. The highest BCUT2D eigenvalue weighted by molar-refractivity contribution is 5.72. The maximum Gasteiger partial charge on any atom is 0.306 e. The molecule has 0 spiro atoms. The van der Waals surface area contributed by atoms with Gasteiger partial charge in [-0.2, -0.15) is 0 Å². The lowest BCUT2D eigenvalue weighted by Gasteiger charge is -2.57. The van der Waals surface area contributed by atoms with E-state index in [4.69, 9.17) is 4.74 Å². The van der Waals surface area contributed by atoms with E-state index in [2.05, 4.69) is 19.9 Å². The van der Waals surface area contributed by atoms with Crippen molar-refractivity contribution in [2.75, 3.05) is 0 Å². The van der Waals surface area contributed by atoms with Crippen LogP contribution in [-0.4, -0.2) is 23.3 Å². The van der Waals surface area contributed by atoms with Crippen LogP contribution in [0.5, 0.6) is 0 Å². The first-order valence-electron chi connectivity index (χ1n) is 9.99. The number of rotatable bonds is 0. The number of fused-ring (bicyclic) bond motifs is 7. The topological polar surface area (TPSA) is 46.5 Å². The van der Waals surface area contributed by atoms with Crippen molar-refractivity contribution in [3.05, 3.63) is 11.6 Å². The minimum absolute atomic E-state index is 0.0332. The molecule has 0 aromatic carbocycles. The first-order chi connectivity index (χ1) is 11.4. The molecule has 0 radical (unpaired) electrons. The highest BCUT2D eigenvalue weighted by Crippen LogP contribution is 2.67. The van der Waals surface area contributed by atoms with Crippen LogP contribution in [-0.2, 0) is 9.53 Å². The Kier molecular flexibility index (Phi) is 3.13. The van der Waals surface area contributed by atoms with Crippen molar-refractivity contribution in [3.8, 4) is 0 Å². The molecule has 1 N–H and O–H groups in total. The van der Waals surface area contributed by atoms with Gasteiger partial charge in [0, 0.05) is 11.3 Å². The fourth-order valence-corrected chi connectivity index (χ4v) is 7.60. The molecule has 132 valence electrons. The maximum absolute atomic E-state index is 11.8. The van der Waals surface area contributed by atoms with E-state index < -0.39 is 0 Å². The minimum Gasteiger partial charge on any atom is -0.461 e. The summed E-state index contributed by atoms with van der Waals surface area (Å²) in [6, 6.07) is 0. The van der Waals surface area contributed by atoms with E-state index in [0.717, 1.165) is 31.1 Å². The van der Waals surface area contributed by atoms with Gasteiger partial charge >= 0.3 is 5.97 Å². The molecule has 8 atom stereocenters. The zero-order chi connectivity index (χ0) is 16.7. The van der Waals surface area contributed by atoms with Crippen molar-refractivity contribution in [3.63, 3.8) is 0 Å². The molecule has 3 nitrogen and oxygen atoms in total. The molecule has 4 aliphatic carbocycles. The Labute approximate surface area is 144 Å². The number of hydrogen-bond donors (Lipinski definition) is 1. The monoisotopic (exact) mass is 330 g/mol. The SMILES string of the molecule is C[C@]12CC[C@@H]3[C@H](CC=C4C[C@@H](O)CC[C@@]43C)[C@H]1C[C@@H]1CC(=O)O[C@H]12. The van der Waals surface area contributed by atoms with Crippen LogP contribution >= 0.6 is 0 Å². The highest BCUT2D eigenvalue weighted by Gasteiger charge is 2.63. The van der Waals surface area contributed by atoms with Crippen LogP contribution in [0.2, 0.25) is 0 Å². The molecule has 5 aliphatic rings. The average Bonchev–Trinajstić information content (AvgIpc) is 3.03. The van der Waals surface area contributed by atoms with Gasteiger partial charge in [-0.3, -0.25) is 4.79 Å². The molecular formula is C21H30O3. The van der Waals surface area contributed by atoms with Crippen molar-refractivity contribution >= 4 is 5.97 Å². The standard InChI is InChI=1S/C21H30O3/c1-20-7-5-14(22)11-13(20)3-4-15-16(20)6-8-21(2)17(15)9-12-10-18(23)24-19(12)21/h3,12,14-17,19,22H,4-11H2,1-2H3/t12-,14+,15+,16-,17-,19-,20+,21+/m1/s1. The molecule has 0 aromatic rings. The Morgan fingerprint density at radius 3 is 2.83 bits per heavy atom. The second-order valence-electron chi connectivity index (χ2n) is 9.81. The van der Waals surface area contributed by atoms with E-state index >= 15 is 0 Å². The molecule has 3 saturated carbocycles. The predicted molar refractivity (Wildman–Crippen MR) is 91.1 cm³/mol. The summed E-state index contributed by atoms with van der Waals surface area (Å²) in [6.07, 6.45) is 11.0. The molecule has 1 heterocycles. The third-order valence-electron chi connectivity index (χ3n) is 8.84. The smallest absolute Gasteiger partial charge is 0.306 e. The molecular weight excluding hydrogens is 300 g/mol. The van der Waals surface area contributed by atoms with Crippen LogP contribution in [0.15, 0.2) is 11.6 Å². The lowest BCUT2D eigenvalue weighted by molar-refractivity contribution is -0.151. The van der Waals surface area contributed by atoms with Crippen molar-refractivity contribution in [1.29, 1.82) is 0 Å². The fourth-order valence-electron chi connectivity index (χ4n) is 7.60. The number of esters is 1. The van der Waals surface area contributed by atoms with Crippen LogP contribution in [0.25, 0.3) is 0 Å². The molecule has 0 aromatic heterocycles. The third-order valence-corrected chi connectivity index (χ3v) is 8.84. The van der Waals surface area contributed by atoms with Gasteiger partial charge in [-0.1, -0.05) is 25.5 Å². The van der Waals surface area contributed by atoms with E-state index in [9.17, 15) is 9.90 Å². The molecule has 5 rings (SSSR count). The first kappa shape index (κ1) is 15.4. The van der Waals surface area contributed by atoms with Crippen molar-refractivity contribution < 1.29 is 14.6 Å². The summed E-state index contributed by atoms with van der Waals surface area (Å²) in [5.74, 6) is 2.72. The van der Waals surface area contributed by atoms with Gasteiger partial charge in [-0.15, -0.1) is 0 Å². The Balaban J connectivity index is 1.48. The number of ether oxygens (including phenoxy) is 1. The van der Waals surface area contributed by atoms with Crippen LogP contribution in [0.1, 0.15) is 65.2 Å². The fraction of sp³-hybridized carbons (Fsp3) is 0.857. The number of aliphatic hydroxyl groups excluding tert-OH is 1. The molecule has 4 fully saturated rings. The second-order valence-corrected chi connectivity index (χ2v) is 9.81. The Morgan fingerprint density at radius 1 is 1.17 bits per heavy atom. The van der Waals surface area contributed by atoms with Gasteiger partial charge in [0.2, 0.25) is 0 Å². The number of hydrogen-bond acceptors (Lipinski definition) is 3. The number of aliphatic hydroxyl groups is 1. The van der Waals surface area contributed by atoms with Gasteiger partial charge in [0.25, 0.3) is 0 Å². The summed E-state index contributed by atoms with van der Waals surface area (Å²) >= 11 is 0. The Bertz CT molecular complexity index is 610. The number of carbonyl (C=O) groups is 1. The summed E-state index contributed by atoms with van der Waals surface area (Å²) in [4.78, 5) is 11.8. The lowest BCUT2D eigenvalue weighted by Crippen LogP contribution is -2.51. The Morgan fingerprint density at radius 2 is 2.00 bits per heavy atom. The van der Waals surface area contributed by atoms with Gasteiger partial charge in [0.05, 0.1) is 12.5 Å². The lowest BCUT2D eigenvalue weighted by atomic mass is 9.48. The van der Waals surface area contributed by atoms with E-state index in [-0.39, 0.29) is 23.6 Å². The van der Waals surface area contributed by atoms with E-state index in [1.165, 1.54) is 31.3 Å². The molecule has 0 bridgehead atoms.